The Hall–Kier alpha value is -4.00. The summed E-state index contributed by atoms with van der Waals surface area (Å²) in [6.07, 6.45) is 10.0. The van der Waals surface area contributed by atoms with Gasteiger partial charge in [-0.15, -0.1) is 0 Å². The van der Waals surface area contributed by atoms with Gasteiger partial charge in [0.1, 0.15) is 12.1 Å². The van der Waals surface area contributed by atoms with E-state index in [1.807, 2.05) is 12.3 Å². The Kier molecular flexibility index (Phi) is 4.45. The normalized spacial score (nSPS) is 16.2. The summed E-state index contributed by atoms with van der Waals surface area (Å²) in [6.45, 7) is 4.00. The minimum atomic E-state index is 0.335. The highest BCUT2D eigenvalue weighted by Gasteiger charge is 2.23. The number of nitrogens with one attached hydrogen (secondary N) is 2. The zero-order chi connectivity index (χ0) is 21.5. The Morgan fingerprint density at radius 2 is 1.97 bits per heavy atom. The molecule has 5 aromatic rings. The van der Waals surface area contributed by atoms with Crippen molar-refractivity contribution >= 4 is 33.4 Å². The van der Waals surface area contributed by atoms with Crippen molar-refractivity contribution in [1.29, 1.82) is 0 Å². The van der Waals surface area contributed by atoms with Crippen molar-refractivity contribution in [3.05, 3.63) is 73.1 Å². The van der Waals surface area contributed by atoms with Crippen LogP contribution in [-0.2, 0) is 0 Å². The number of benzene rings is 2. The molecule has 1 fully saturated rings. The van der Waals surface area contributed by atoms with Gasteiger partial charge in [0.15, 0.2) is 0 Å². The van der Waals surface area contributed by atoms with E-state index in [9.17, 15) is 0 Å². The fourth-order valence-electron chi connectivity index (χ4n) is 4.60. The van der Waals surface area contributed by atoms with E-state index in [1.54, 1.807) is 24.9 Å². The standard InChI is InChI=1S/C25H23N7/c1-16-13-29-22-3-2-17(10-20(16)22)21-11-19(12-23-25(21)28-8-7-27-23)31-18-5-9-32(14-18)24-4-6-26-15-30-24/h2-4,6-8,10-13,15,18,29,31H,5,9,14H2,1H3/t18-/m0/s1. The third kappa shape index (κ3) is 3.32. The highest BCUT2D eigenvalue weighted by Crippen LogP contribution is 2.33. The summed E-state index contributed by atoms with van der Waals surface area (Å²) in [7, 11) is 0. The van der Waals surface area contributed by atoms with Gasteiger partial charge in [-0.25, -0.2) is 9.97 Å². The van der Waals surface area contributed by atoms with Crippen LogP contribution >= 0.6 is 0 Å². The number of aromatic amines is 1. The van der Waals surface area contributed by atoms with Gasteiger partial charge in [-0.05, 0) is 54.8 Å². The molecule has 1 atom stereocenters. The van der Waals surface area contributed by atoms with Crippen LogP contribution in [0.2, 0.25) is 0 Å². The van der Waals surface area contributed by atoms with Crippen molar-refractivity contribution in [1.82, 2.24) is 24.9 Å². The number of nitrogens with zero attached hydrogens (tertiary/aromatic N) is 5. The summed E-state index contributed by atoms with van der Waals surface area (Å²) in [5.41, 5.74) is 7.49. The molecule has 7 nitrogen and oxygen atoms in total. The SMILES string of the molecule is Cc1c[nH]c2ccc(-c3cc(N[C@H]4CCN(c5ccncn5)C4)cc4nccnc34)cc12. The lowest BCUT2D eigenvalue weighted by molar-refractivity contribution is 0.806. The Balaban J connectivity index is 1.35. The number of aromatic nitrogens is 5. The summed E-state index contributed by atoms with van der Waals surface area (Å²) in [5.74, 6) is 0.976. The van der Waals surface area contributed by atoms with Crippen LogP contribution in [0.1, 0.15) is 12.0 Å². The van der Waals surface area contributed by atoms with Crippen molar-refractivity contribution in [3.63, 3.8) is 0 Å². The Labute approximate surface area is 185 Å². The average molecular weight is 422 g/mol. The Morgan fingerprint density at radius 1 is 1.03 bits per heavy atom. The van der Waals surface area contributed by atoms with E-state index < -0.39 is 0 Å². The van der Waals surface area contributed by atoms with Gasteiger partial charge < -0.3 is 15.2 Å². The van der Waals surface area contributed by atoms with Gasteiger partial charge in [0.05, 0.1) is 11.0 Å². The summed E-state index contributed by atoms with van der Waals surface area (Å²) in [6, 6.07) is 13.1. The monoisotopic (exact) mass is 421 g/mol. The average Bonchev–Trinajstić information content (AvgIpc) is 3.46. The first-order chi connectivity index (χ1) is 15.7. The molecule has 3 aromatic heterocycles. The van der Waals surface area contributed by atoms with Gasteiger partial charge in [-0.2, -0.15) is 0 Å². The molecule has 4 heterocycles. The van der Waals surface area contributed by atoms with Crippen LogP contribution in [0, 0.1) is 6.92 Å². The molecule has 6 rings (SSSR count). The molecular weight excluding hydrogens is 398 g/mol. The van der Waals surface area contributed by atoms with Crippen LogP contribution in [0.25, 0.3) is 33.1 Å². The molecule has 0 saturated carbocycles. The largest absolute Gasteiger partial charge is 0.380 e. The van der Waals surface area contributed by atoms with E-state index >= 15 is 0 Å². The molecule has 2 N–H and O–H groups in total. The molecule has 2 aromatic carbocycles. The summed E-state index contributed by atoms with van der Waals surface area (Å²) in [5, 5.41) is 4.96. The van der Waals surface area contributed by atoms with Gasteiger partial charge in [-0.3, -0.25) is 9.97 Å². The third-order valence-electron chi connectivity index (χ3n) is 6.22. The second-order valence-electron chi connectivity index (χ2n) is 8.32. The molecule has 0 spiro atoms. The van der Waals surface area contributed by atoms with Gasteiger partial charge >= 0.3 is 0 Å². The quantitative estimate of drug-likeness (QED) is 0.442. The molecule has 1 aliphatic heterocycles. The Bertz CT molecular complexity index is 1410. The maximum atomic E-state index is 4.65. The number of anilines is 2. The molecular formula is C25H23N7. The lowest BCUT2D eigenvalue weighted by Crippen LogP contribution is -2.26. The zero-order valence-electron chi connectivity index (χ0n) is 17.8. The molecule has 0 amide bonds. The van der Waals surface area contributed by atoms with E-state index in [1.165, 1.54) is 10.9 Å². The highest BCUT2D eigenvalue weighted by atomic mass is 15.2. The van der Waals surface area contributed by atoms with Crippen molar-refractivity contribution in [3.8, 4) is 11.1 Å². The van der Waals surface area contributed by atoms with E-state index in [0.717, 1.165) is 58.7 Å². The number of fused-ring (bicyclic) bond motifs is 2. The molecule has 1 saturated heterocycles. The van der Waals surface area contributed by atoms with E-state index in [0.29, 0.717) is 6.04 Å². The van der Waals surface area contributed by atoms with E-state index in [2.05, 4.69) is 72.4 Å². The number of hydrogen-bond donors (Lipinski definition) is 2. The molecule has 7 heteroatoms. The summed E-state index contributed by atoms with van der Waals surface area (Å²) >= 11 is 0. The fraction of sp³-hybridized carbons (Fsp3) is 0.200. The minimum Gasteiger partial charge on any atom is -0.380 e. The smallest absolute Gasteiger partial charge is 0.131 e. The van der Waals surface area contributed by atoms with Crippen LogP contribution in [0.4, 0.5) is 11.5 Å². The molecule has 0 bridgehead atoms. The molecule has 1 aliphatic rings. The van der Waals surface area contributed by atoms with Gasteiger partial charge in [-0.1, -0.05) is 6.07 Å². The molecule has 0 aliphatic carbocycles. The molecule has 158 valence electrons. The van der Waals surface area contributed by atoms with Gasteiger partial charge in [0.2, 0.25) is 0 Å². The van der Waals surface area contributed by atoms with E-state index in [-0.39, 0.29) is 0 Å². The van der Waals surface area contributed by atoms with Gasteiger partial charge in [0.25, 0.3) is 0 Å². The second-order valence-corrected chi connectivity index (χ2v) is 8.32. The first-order valence-corrected chi connectivity index (χ1v) is 10.8. The second kappa shape index (κ2) is 7.60. The predicted molar refractivity (Wildman–Crippen MR) is 128 cm³/mol. The zero-order valence-corrected chi connectivity index (χ0v) is 17.8. The van der Waals surface area contributed by atoms with Crippen LogP contribution in [0.15, 0.2) is 67.5 Å². The molecule has 0 radical (unpaired) electrons. The van der Waals surface area contributed by atoms with Crippen molar-refractivity contribution in [2.45, 2.75) is 19.4 Å². The maximum Gasteiger partial charge on any atom is 0.131 e. The number of rotatable bonds is 4. The van der Waals surface area contributed by atoms with Crippen LogP contribution < -0.4 is 10.2 Å². The van der Waals surface area contributed by atoms with Crippen molar-refractivity contribution in [2.24, 2.45) is 0 Å². The summed E-state index contributed by atoms with van der Waals surface area (Å²) < 4.78 is 0. The fourth-order valence-corrected chi connectivity index (χ4v) is 4.60. The van der Waals surface area contributed by atoms with E-state index in [4.69, 9.17) is 0 Å². The molecule has 32 heavy (non-hydrogen) atoms. The lowest BCUT2D eigenvalue weighted by atomic mass is 10.00. The van der Waals surface area contributed by atoms with Crippen molar-refractivity contribution < 1.29 is 0 Å². The van der Waals surface area contributed by atoms with Crippen LogP contribution in [0.3, 0.4) is 0 Å². The number of hydrogen-bond acceptors (Lipinski definition) is 6. The van der Waals surface area contributed by atoms with Crippen LogP contribution in [0.5, 0.6) is 0 Å². The first kappa shape index (κ1) is 18.7. The third-order valence-corrected chi connectivity index (χ3v) is 6.22. The topological polar surface area (TPSA) is 82.6 Å². The first-order valence-electron chi connectivity index (χ1n) is 10.8. The lowest BCUT2D eigenvalue weighted by Gasteiger charge is -2.19. The van der Waals surface area contributed by atoms with Gasteiger partial charge in [0, 0.05) is 66.1 Å². The summed E-state index contributed by atoms with van der Waals surface area (Å²) in [4.78, 5) is 23.3. The van der Waals surface area contributed by atoms with Crippen LogP contribution in [-0.4, -0.2) is 44.1 Å². The maximum absolute atomic E-state index is 4.65. The van der Waals surface area contributed by atoms with Crippen molar-refractivity contribution in [2.75, 3.05) is 23.3 Å². The number of aryl methyl sites for hydroxylation is 1. The minimum absolute atomic E-state index is 0.335. The molecule has 0 unspecified atom stereocenters. The highest BCUT2D eigenvalue weighted by molar-refractivity contribution is 5.97. The predicted octanol–water partition coefficient (Wildman–Crippen LogP) is 4.57. The number of H-pyrrole nitrogens is 1. The Morgan fingerprint density at radius 3 is 2.88 bits per heavy atom.